The molecule has 0 saturated heterocycles. The highest BCUT2D eigenvalue weighted by Crippen LogP contribution is 2.48. The van der Waals surface area contributed by atoms with E-state index in [0.717, 1.165) is 39.0 Å². The van der Waals surface area contributed by atoms with Crippen LogP contribution in [0.3, 0.4) is 0 Å². The zero-order valence-corrected chi connectivity index (χ0v) is 19.9. The first-order chi connectivity index (χ1) is 17.1. The average Bonchev–Trinajstić information content (AvgIpc) is 2.90. The van der Waals surface area contributed by atoms with Crippen LogP contribution in [0.2, 0.25) is 0 Å². The van der Waals surface area contributed by atoms with Gasteiger partial charge in [-0.3, -0.25) is 9.36 Å². The summed E-state index contributed by atoms with van der Waals surface area (Å²) in [6.45, 7) is 4.58. The Bertz CT molecular complexity index is 1600. The molecule has 0 saturated carbocycles. The molecular weight excluding hydrogens is 432 g/mol. The van der Waals surface area contributed by atoms with E-state index in [2.05, 4.69) is 49.4 Å². The molecule has 4 heteroatoms. The Morgan fingerprint density at radius 3 is 2.37 bits per heavy atom. The van der Waals surface area contributed by atoms with Crippen molar-refractivity contribution in [2.45, 2.75) is 32.7 Å². The lowest BCUT2D eigenvalue weighted by atomic mass is 9.81. The largest absolute Gasteiger partial charge is 0.438 e. The molecule has 5 aromatic rings. The summed E-state index contributed by atoms with van der Waals surface area (Å²) >= 11 is 0. The van der Waals surface area contributed by atoms with Gasteiger partial charge in [-0.2, -0.15) is 4.98 Å². The normalized spacial score (nSPS) is 14.3. The predicted octanol–water partition coefficient (Wildman–Crippen LogP) is 6.60. The summed E-state index contributed by atoms with van der Waals surface area (Å²) in [5.74, 6) is 1.64. The first-order valence-corrected chi connectivity index (χ1v) is 12.1. The molecule has 1 atom stereocenters. The van der Waals surface area contributed by atoms with Crippen molar-refractivity contribution in [1.82, 2.24) is 9.55 Å². The third-order valence-corrected chi connectivity index (χ3v) is 6.87. The van der Waals surface area contributed by atoms with Gasteiger partial charge in [-0.15, -0.1) is 0 Å². The topological polar surface area (TPSA) is 44.1 Å². The molecule has 4 aromatic carbocycles. The van der Waals surface area contributed by atoms with Crippen LogP contribution < -0.4 is 10.3 Å². The van der Waals surface area contributed by atoms with Gasteiger partial charge >= 0.3 is 0 Å². The summed E-state index contributed by atoms with van der Waals surface area (Å²) in [5, 5.41) is 2.22. The SMILES string of the molecule is CCc1nc2c(c(=O)n1Cc1ccccc1)C(c1ccc(C)cc1)c1c(ccc3ccccc13)O2. The molecule has 0 aliphatic carbocycles. The van der Waals surface area contributed by atoms with Gasteiger partial charge in [0.2, 0.25) is 5.88 Å². The van der Waals surface area contributed by atoms with Crippen LogP contribution in [0.25, 0.3) is 10.8 Å². The molecule has 6 rings (SSSR count). The van der Waals surface area contributed by atoms with E-state index in [0.29, 0.717) is 24.4 Å². The number of hydrogen-bond acceptors (Lipinski definition) is 3. The Kier molecular flexibility index (Phi) is 5.22. The highest BCUT2D eigenvalue weighted by Gasteiger charge is 2.35. The van der Waals surface area contributed by atoms with Crippen molar-refractivity contribution in [3.63, 3.8) is 0 Å². The van der Waals surface area contributed by atoms with Gasteiger partial charge < -0.3 is 4.74 Å². The third-order valence-electron chi connectivity index (χ3n) is 6.87. The Hall–Kier alpha value is -4.18. The fourth-order valence-electron chi connectivity index (χ4n) is 5.12. The van der Waals surface area contributed by atoms with E-state index < -0.39 is 0 Å². The summed E-state index contributed by atoms with van der Waals surface area (Å²) < 4.78 is 8.18. The molecule has 4 nitrogen and oxygen atoms in total. The lowest BCUT2D eigenvalue weighted by Gasteiger charge is -2.30. The number of aromatic nitrogens is 2. The minimum Gasteiger partial charge on any atom is -0.438 e. The summed E-state index contributed by atoms with van der Waals surface area (Å²) in [5.41, 5.74) is 4.90. The fraction of sp³-hybridized carbons (Fsp3) is 0.161. The molecule has 0 N–H and O–H groups in total. The van der Waals surface area contributed by atoms with Crippen molar-refractivity contribution in [3.05, 3.63) is 135 Å². The zero-order valence-electron chi connectivity index (χ0n) is 19.9. The van der Waals surface area contributed by atoms with Gasteiger partial charge in [0.25, 0.3) is 5.56 Å². The molecule has 1 aromatic heterocycles. The average molecular weight is 459 g/mol. The number of aryl methyl sites for hydroxylation is 2. The highest BCUT2D eigenvalue weighted by atomic mass is 16.5. The van der Waals surface area contributed by atoms with Crippen molar-refractivity contribution < 1.29 is 4.74 Å². The van der Waals surface area contributed by atoms with E-state index in [1.165, 1.54) is 5.56 Å². The van der Waals surface area contributed by atoms with Crippen LogP contribution >= 0.6 is 0 Å². The maximum absolute atomic E-state index is 14.2. The lowest BCUT2D eigenvalue weighted by molar-refractivity contribution is 0.422. The van der Waals surface area contributed by atoms with Crippen LogP contribution in [0.5, 0.6) is 11.6 Å². The molecule has 0 fully saturated rings. The summed E-state index contributed by atoms with van der Waals surface area (Å²) in [6, 6.07) is 30.9. The Labute approximate surface area is 204 Å². The number of hydrogen-bond donors (Lipinski definition) is 0. The van der Waals surface area contributed by atoms with Crippen LogP contribution in [0.15, 0.2) is 95.8 Å². The molecule has 0 spiro atoms. The monoisotopic (exact) mass is 458 g/mol. The second-order valence-corrected chi connectivity index (χ2v) is 9.12. The predicted molar refractivity (Wildman–Crippen MR) is 140 cm³/mol. The number of rotatable bonds is 4. The molecule has 0 bridgehead atoms. The van der Waals surface area contributed by atoms with E-state index in [9.17, 15) is 4.79 Å². The first-order valence-electron chi connectivity index (χ1n) is 12.1. The number of nitrogens with zero attached hydrogens (tertiary/aromatic N) is 2. The van der Waals surface area contributed by atoms with Crippen molar-refractivity contribution in [2.24, 2.45) is 0 Å². The van der Waals surface area contributed by atoms with E-state index in [1.807, 2.05) is 60.0 Å². The van der Waals surface area contributed by atoms with Crippen molar-refractivity contribution >= 4 is 10.8 Å². The van der Waals surface area contributed by atoms with Gasteiger partial charge in [0.05, 0.1) is 12.1 Å². The smallest absolute Gasteiger partial charge is 0.261 e. The number of ether oxygens (including phenoxy) is 1. The molecule has 1 aliphatic rings. The lowest BCUT2D eigenvalue weighted by Crippen LogP contribution is -2.32. The van der Waals surface area contributed by atoms with Crippen LogP contribution in [0.1, 0.15) is 46.5 Å². The van der Waals surface area contributed by atoms with Gasteiger partial charge in [0.1, 0.15) is 11.6 Å². The zero-order chi connectivity index (χ0) is 23.9. The van der Waals surface area contributed by atoms with Crippen molar-refractivity contribution in [2.75, 3.05) is 0 Å². The summed E-state index contributed by atoms with van der Waals surface area (Å²) in [6.07, 6.45) is 0.637. The van der Waals surface area contributed by atoms with Crippen LogP contribution in [-0.4, -0.2) is 9.55 Å². The van der Waals surface area contributed by atoms with Gasteiger partial charge in [-0.25, -0.2) is 0 Å². The Balaban J connectivity index is 1.64. The van der Waals surface area contributed by atoms with Gasteiger partial charge in [-0.1, -0.05) is 97.4 Å². The third kappa shape index (κ3) is 3.62. The standard InChI is InChI=1S/C31H26N2O2/c1-3-26-32-30-29(31(34)33(26)19-21-9-5-4-6-10-21)27(23-15-13-20(2)14-16-23)28-24-12-8-7-11-22(24)17-18-25(28)35-30/h4-18,27H,3,19H2,1-2H3. The highest BCUT2D eigenvalue weighted by molar-refractivity contribution is 5.90. The molecule has 1 unspecified atom stereocenters. The maximum Gasteiger partial charge on any atom is 0.261 e. The molecular formula is C31H26N2O2. The van der Waals surface area contributed by atoms with E-state index in [-0.39, 0.29) is 11.5 Å². The van der Waals surface area contributed by atoms with E-state index >= 15 is 0 Å². The fourth-order valence-corrected chi connectivity index (χ4v) is 5.12. The Morgan fingerprint density at radius 2 is 1.60 bits per heavy atom. The molecule has 0 radical (unpaired) electrons. The summed E-state index contributed by atoms with van der Waals surface area (Å²) in [7, 11) is 0. The van der Waals surface area contributed by atoms with Crippen molar-refractivity contribution in [1.29, 1.82) is 0 Å². The number of benzene rings is 4. The molecule has 35 heavy (non-hydrogen) atoms. The van der Waals surface area contributed by atoms with Gasteiger partial charge in [0.15, 0.2) is 0 Å². The van der Waals surface area contributed by atoms with Crippen molar-refractivity contribution in [3.8, 4) is 11.6 Å². The maximum atomic E-state index is 14.2. The molecule has 2 heterocycles. The number of fused-ring (bicyclic) bond motifs is 4. The van der Waals surface area contributed by atoms with Crippen LogP contribution in [0.4, 0.5) is 0 Å². The minimum absolute atomic E-state index is 0.0418. The van der Waals surface area contributed by atoms with E-state index in [1.54, 1.807) is 0 Å². The minimum atomic E-state index is -0.270. The quantitative estimate of drug-likeness (QED) is 0.299. The second kappa shape index (κ2) is 8.55. The second-order valence-electron chi connectivity index (χ2n) is 9.12. The molecule has 172 valence electrons. The summed E-state index contributed by atoms with van der Waals surface area (Å²) in [4.78, 5) is 19.1. The van der Waals surface area contributed by atoms with Gasteiger partial charge in [0, 0.05) is 17.9 Å². The van der Waals surface area contributed by atoms with E-state index in [4.69, 9.17) is 9.72 Å². The molecule has 0 amide bonds. The Morgan fingerprint density at radius 1 is 0.857 bits per heavy atom. The van der Waals surface area contributed by atoms with Gasteiger partial charge in [-0.05, 0) is 34.9 Å². The first kappa shape index (κ1) is 21.4. The van der Waals surface area contributed by atoms with Crippen LogP contribution in [-0.2, 0) is 13.0 Å². The molecule has 1 aliphatic heterocycles. The van der Waals surface area contributed by atoms with Crippen LogP contribution in [0, 0.1) is 6.92 Å².